The van der Waals surface area contributed by atoms with Crippen LogP contribution in [0.1, 0.15) is 32.1 Å². The molecular weight excluding hydrogens is 124 g/mol. The number of hydrogen-bond acceptors (Lipinski definition) is 2. The lowest BCUT2D eigenvalue weighted by molar-refractivity contribution is 0.388. The lowest BCUT2D eigenvalue weighted by Crippen LogP contribution is -2.26. The molecular formula is C8H16N2. The van der Waals surface area contributed by atoms with E-state index < -0.39 is 0 Å². The molecule has 1 aliphatic rings. The van der Waals surface area contributed by atoms with E-state index in [1.54, 1.807) is 0 Å². The third-order valence-electron chi connectivity index (χ3n) is 2.28. The lowest BCUT2D eigenvalue weighted by Gasteiger charge is -2.22. The van der Waals surface area contributed by atoms with Gasteiger partial charge in [0.15, 0.2) is 0 Å². The fraction of sp³-hybridized carbons (Fsp3) is 0.750. The molecule has 1 aliphatic carbocycles. The lowest BCUT2D eigenvalue weighted by atomic mass is 9.87. The summed E-state index contributed by atoms with van der Waals surface area (Å²) in [5, 5.41) is 0. The smallest absolute Gasteiger partial charge is 0.0218 e. The van der Waals surface area contributed by atoms with Crippen molar-refractivity contribution in [2.45, 2.75) is 32.1 Å². The van der Waals surface area contributed by atoms with Crippen LogP contribution in [0.4, 0.5) is 0 Å². The summed E-state index contributed by atoms with van der Waals surface area (Å²) in [6.45, 7) is 3.86. The SMILES string of the molecule is C=C(NN)C1CCCCC1. The van der Waals surface area contributed by atoms with Crippen LogP contribution in [-0.2, 0) is 0 Å². The first kappa shape index (κ1) is 7.61. The Morgan fingerprint density at radius 2 is 1.90 bits per heavy atom. The van der Waals surface area contributed by atoms with Crippen molar-refractivity contribution >= 4 is 0 Å². The second-order valence-corrected chi connectivity index (χ2v) is 3.00. The van der Waals surface area contributed by atoms with Gasteiger partial charge in [0, 0.05) is 5.70 Å². The summed E-state index contributed by atoms with van der Waals surface area (Å²) in [6, 6.07) is 0. The van der Waals surface area contributed by atoms with Crippen molar-refractivity contribution in [1.82, 2.24) is 5.43 Å². The number of hydrogen-bond donors (Lipinski definition) is 2. The highest BCUT2D eigenvalue weighted by atomic mass is 15.2. The highest BCUT2D eigenvalue weighted by Crippen LogP contribution is 2.26. The van der Waals surface area contributed by atoms with E-state index in [-0.39, 0.29) is 0 Å². The Morgan fingerprint density at radius 3 is 2.40 bits per heavy atom. The summed E-state index contributed by atoms with van der Waals surface area (Å²) in [5.74, 6) is 5.89. The normalized spacial score (nSPS) is 20.5. The highest BCUT2D eigenvalue weighted by molar-refractivity contribution is 4.97. The first-order valence-corrected chi connectivity index (χ1v) is 4.00. The fourth-order valence-corrected chi connectivity index (χ4v) is 1.57. The van der Waals surface area contributed by atoms with Crippen LogP contribution in [0.25, 0.3) is 0 Å². The largest absolute Gasteiger partial charge is 0.329 e. The Labute approximate surface area is 62.5 Å². The zero-order valence-electron chi connectivity index (χ0n) is 6.40. The molecule has 0 atom stereocenters. The van der Waals surface area contributed by atoms with Gasteiger partial charge in [0.1, 0.15) is 0 Å². The quantitative estimate of drug-likeness (QED) is 0.451. The van der Waals surface area contributed by atoms with Crippen molar-refractivity contribution < 1.29 is 0 Å². The average molecular weight is 140 g/mol. The van der Waals surface area contributed by atoms with E-state index in [0.717, 1.165) is 5.70 Å². The maximum absolute atomic E-state index is 5.25. The molecule has 0 unspecified atom stereocenters. The monoisotopic (exact) mass is 140 g/mol. The third-order valence-corrected chi connectivity index (χ3v) is 2.28. The molecule has 0 amide bonds. The van der Waals surface area contributed by atoms with Crippen LogP contribution in [-0.4, -0.2) is 0 Å². The minimum Gasteiger partial charge on any atom is -0.329 e. The molecule has 0 heterocycles. The minimum atomic E-state index is 0.638. The van der Waals surface area contributed by atoms with Gasteiger partial charge in [-0.3, -0.25) is 5.84 Å². The fourth-order valence-electron chi connectivity index (χ4n) is 1.57. The van der Waals surface area contributed by atoms with Crippen molar-refractivity contribution in [3.8, 4) is 0 Å². The van der Waals surface area contributed by atoms with Gasteiger partial charge in [-0.05, 0) is 18.8 Å². The molecule has 0 bridgehead atoms. The van der Waals surface area contributed by atoms with Crippen LogP contribution < -0.4 is 11.3 Å². The van der Waals surface area contributed by atoms with Gasteiger partial charge in [0.05, 0.1) is 0 Å². The molecule has 0 spiro atoms. The molecule has 10 heavy (non-hydrogen) atoms. The van der Waals surface area contributed by atoms with E-state index in [9.17, 15) is 0 Å². The standard InChI is InChI=1S/C8H16N2/c1-7(10-9)8-5-3-2-4-6-8/h8,10H,1-6,9H2. The van der Waals surface area contributed by atoms with Gasteiger partial charge in [0.2, 0.25) is 0 Å². The number of rotatable bonds is 2. The summed E-state index contributed by atoms with van der Waals surface area (Å²) in [6.07, 6.45) is 6.59. The molecule has 1 rings (SSSR count). The number of allylic oxidation sites excluding steroid dienone is 1. The van der Waals surface area contributed by atoms with Crippen LogP contribution >= 0.6 is 0 Å². The Hall–Kier alpha value is -0.500. The summed E-state index contributed by atoms with van der Waals surface area (Å²) >= 11 is 0. The van der Waals surface area contributed by atoms with Gasteiger partial charge in [-0.15, -0.1) is 0 Å². The molecule has 2 nitrogen and oxygen atoms in total. The van der Waals surface area contributed by atoms with Gasteiger partial charge in [0.25, 0.3) is 0 Å². The van der Waals surface area contributed by atoms with E-state index in [1.165, 1.54) is 32.1 Å². The molecule has 58 valence electrons. The molecule has 0 aromatic heterocycles. The average Bonchev–Trinajstić information content (AvgIpc) is 2.05. The van der Waals surface area contributed by atoms with Gasteiger partial charge in [-0.2, -0.15) is 0 Å². The van der Waals surface area contributed by atoms with E-state index in [0.29, 0.717) is 5.92 Å². The van der Waals surface area contributed by atoms with Crippen LogP contribution in [0.5, 0.6) is 0 Å². The molecule has 0 radical (unpaired) electrons. The summed E-state index contributed by atoms with van der Waals surface area (Å²) < 4.78 is 0. The predicted molar refractivity (Wildman–Crippen MR) is 43.0 cm³/mol. The third kappa shape index (κ3) is 1.74. The molecule has 1 fully saturated rings. The van der Waals surface area contributed by atoms with Gasteiger partial charge in [-0.25, -0.2) is 0 Å². The maximum atomic E-state index is 5.25. The van der Waals surface area contributed by atoms with Crippen LogP contribution in [0.3, 0.4) is 0 Å². The molecule has 0 aromatic rings. The second kappa shape index (κ2) is 3.62. The van der Waals surface area contributed by atoms with E-state index in [2.05, 4.69) is 12.0 Å². The Balaban J connectivity index is 2.31. The first-order chi connectivity index (χ1) is 4.84. The van der Waals surface area contributed by atoms with Crippen molar-refractivity contribution in [2.24, 2.45) is 11.8 Å². The minimum absolute atomic E-state index is 0.638. The maximum Gasteiger partial charge on any atom is 0.0218 e. The summed E-state index contributed by atoms with van der Waals surface area (Å²) in [5.41, 5.74) is 3.65. The second-order valence-electron chi connectivity index (χ2n) is 3.00. The molecule has 0 aromatic carbocycles. The first-order valence-electron chi connectivity index (χ1n) is 4.00. The molecule has 2 heteroatoms. The molecule has 1 saturated carbocycles. The van der Waals surface area contributed by atoms with Gasteiger partial charge >= 0.3 is 0 Å². The van der Waals surface area contributed by atoms with E-state index in [1.807, 2.05) is 0 Å². The number of hydrazine groups is 1. The number of nitrogens with one attached hydrogen (secondary N) is 1. The Kier molecular flexibility index (Phi) is 2.75. The van der Waals surface area contributed by atoms with Crippen molar-refractivity contribution in [2.75, 3.05) is 0 Å². The summed E-state index contributed by atoms with van der Waals surface area (Å²) in [7, 11) is 0. The molecule has 3 N–H and O–H groups in total. The zero-order valence-corrected chi connectivity index (χ0v) is 6.40. The molecule has 0 saturated heterocycles. The topological polar surface area (TPSA) is 38.0 Å². The van der Waals surface area contributed by atoms with Crippen molar-refractivity contribution in [3.63, 3.8) is 0 Å². The van der Waals surface area contributed by atoms with E-state index in [4.69, 9.17) is 5.84 Å². The zero-order chi connectivity index (χ0) is 7.40. The Morgan fingerprint density at radius 1 is 1.30 bits per heavy atom. The van der Waals surface area contributed by atoms with Crippen molar-refractivity contribution in [3.05, 3.63) is 12.3 Å². The predicted octanol–water partition coefficient (Wildman–Crippen LogP) is 1.54. The van der Waals surface area contributed by atoms with Gasteiger partial charge < -0.3 is 5.43 Å². The highest BCUT2D eigenvalue weighted by Gasteiger charge is 2.14. The Bertz CT molecular complexity index is 114. The summed E-state index contributed by atoms with van der Waals surface area (Å²) in [4.78, 5) is 0. The van der Waals surface area contributed by atoms with Crippen LogP contribution in [0, 0.1) is 5.92 Å². The van der Waals surface area contributed by atoms with Gasteiger partial charge in [-0.1, -0.05) is 25.8 Å². The molecule has 0 aliphatic heterocycles. The van der Waals surface area contributed by atoms with Crippen LogP contribution in [0.2, 0.25) is 0 Å². The number of nitrogens with two attached hydrogens (primary N) is 1. The van der Waals surface area contributed by atoms with E-state index >= 15 is 0 Å². The van der Waals surface area contributed by atoms with Crippen molar-refractivity contribution in [1.29, 1.82) is 0 Å². The van der Waals surface area contributed by atoms with Crippen LogP contribution in [0.15, 0.2) is 12.3 Å².